The van der Waals surface area contributed by atoms with E-state index in [2.05, 4.69) is 15.2 Å². The lowest BCUT2D eigenvalue weighted by molar-refractivity contribution is -0.0527. The quantitative estimate of drug-likeness (QED) is 0.867. The van der Waals surface area contributed by atoms with E-state index in [1.807, 2.05) is 25.2 Å². The maximum absolute atomic E-state index is 11.6. The van der Waals surface area contributed by atoms with Gasteiger partial charge < -0.3 is 10.1 Å². The molecular weight excluding hydrogens is 328 g/mol. The average molecular weight is 354 g/mol. The third-order valence-corrected chi connectivity index (χ3v) is 6.17. The fraction of sp³-hybridized carbons (Fsp3) is 0.688. The standard InChI is InChI=1S/C16H26N4O3S/c1-17-16-5-3-4-14(18-16)15-12-19(10-11-23-15)13-6-8-20(9-7-13)24(2,21)22/h3-5,13,15H,6-12H2,1-2H3,(H,17,18)/t15-/m0/s1. The second kappa shape index (κ2) is 7.35. The summed E-state index contributed by atoms with van der Waals surface area (Å²) < 4.78 is 30.8. The van der Waals surface area contributed by atoms with Gasteiger partial charge in [-0.05, 0) is 25.0 Å². The van der Waals surface area contributed by atoms with Crippen molar-refractivity contribution in [1.82, 2.24) is 14.2 Å². The second-order valence-electron chi connectivity index (χ2n) is 6.45. The molecule has 8 heteroatoms. The Morgan fingerprint density at radius 1 is 1.25 bits per heavy atom. The van der Waals surface area contributed by atoms with Gasteiger partial charge in [0, 0.05) is 39.3 Å². The lowest BCUT2D eigenvalue weighted by Crippen LogP contribution is -2.50. The molecule has 2 aliphatic rings. The van der Waals surface area contributed by atoms with Gasteiger partial charge in [0.15, 0.2) is 0 Å². The molecular formula is C16H26N4O3S. The van der Waals surface area contributed by atoms with E-state index in [9.17, 15) is 8.42 Å². The number of morpholine rings is 1. The number of sulfonamides is 1. The van der Waals surface area contributed by atoms with Crippen LogP contribution in [0.3, 0.4) is 0 Å². The van der Waals surface area contributed by atoms with Crippen LogP contribution in [-0.4, -0.2) is 74.7 Å². The van der Waals surface area contributed by atoms with E-state index in [0.29, 0.717) is 25.7 Å². The van der Waals surface area contributed by atoms with Crippen LogP contribution in [0.4, 0.5) is 5.82 Å². The molecule has 24 heavy (non-hydrogen) atoms. The van der Waals surface area contributed by atoms with Crippen molar-refractivity contribution in [2.75, 3.05) is 51.4 Å². The molecule has 1 atom stereocenters. The Morgan fingerprint density at radius 3 is 2.67 bits per heavy atom. The zero-order chi connectivity index (χ0) is 17.2. The average Bonchev–Trinajstić information content (AvgIpc) is 2.61. The highest BCUT2D eigenvalue weighted by atomic mass is 32.2. The molecule has 2 aliphatic heterocycles. The van der Waals surface area contributed by atoms with E-state index in [0.717, 1.165) is 37.4 Å². The number of piperidine rings is 1. The number of hydrogen-bond acceptors (Lipinski definition) is 6. The van der Waals surface area contributed by atoms with Crippen LogP contribution in [0.2, 0.25) is 0 Å². The van der Waals surface area contributed by atoms with Crippen LogP contribution >= 0.6 is 0 Å². The molecule has 0 unspecified atom stereocenters. The number of aromatic nitrogens is 1. The molecule has 7 nitrogen and oxygen atoms in total. The molecule has 0 saturated carbocycles. The molecule has 2 fully saturated rings. The number of nitrogens with zero attached hydrogens (tertiary/aromatic N) is 3. The SMILES string of the molecule is CNc1cccc([C@@H]2CN(C3CCN(S(C)(=O)=O)CC3)CCO2)n1. The van der Waals surface area contributed by atoms with Crippen LogP contribution in [0.5, 0.6) is 0 Å². The van der Waals surface area contributed by atoms with Crippen LogP contribution in [0.15, 0.2) is 18.2 Å². The zero-order valence-electron chi connectivity index (χ0n) is 14.3. The third-order valence-electron chi connectivity index (χ3n) is 4.86. The summed E-state index contributed by atoms with van der Waals surface area (Å²) in [5, 5.41) is 3.06. The second-order valence-corrected chi connectivity index (χ2v) is 8.43. The maximum atomic E-state index is 11.6. The molecule has 0 aliphatic carbocycles. The fourth-order valence-electron chi connectivity index (χ4n) is 3.49. The van der Waals surface area contributed by atoms with Gasteiger partial charge >= 0.3 is 0 Å². The van der Waals surface area contributed by atoms with Crippen molar-refractivity contribution in [3.05, 3.63) is 23.9 Å². The van der Waals surface area contributed by atoms with Crippen molar-refractivity contribution in [3.8, 4) is 0 Å². The summed E-state index contributed by atoms with van der Waals surface area (Å²) in [5.41, 5.74) is 0.945. The molecule has 1 aromatic rings. The molecule has 134 valence electrons. The van der Waals surface area contributed by atoms with E-state index in [1.54, 1.807) is 4.31 Å². The number of rotatable bonds is 4. The molecule has 3 rings (SSSR count). The molecule has 0 bridgehead atoms. The van der Waals surface area contributed by atoms with Gasteiger partial charge in [-0.3, -0.25) is 4.90 Å². The summed E-state index contributed by atoms with van der Waals surface area (Å²) in [5.74, 6) is 0.842. The van der Waals surface area contributed by atoms with Gasteiger partial charge in [0.2, 0.25) is 10.0 Å². The van der Waals surface area contributed by atoms with Gasteiger partial charge in [-0.2, -0.15) is 0 Å². The lowest BCUT2D eigenvalue weighted by Gasteiger charge is -2.41. The largest absolute Gasteiger partial charge is 0.373 e. The topological polar surface area (TPSA) is 74.8 Å². The summed E-state index contributed by atoms with van der Waals surface area (Å²) in [4.78, 5) is 7.02. The van der Waals surface area contributed by atoms with E-state index < -0.39 is 10.0 Å². The summed E-state index contributed by atoms with van der Waals surface area (Å²) >= 11 is 0. The first-order valence-corrected chi connectivity index (χ1v) is 10.3. The summed E-state index contributed by atoms with van der Waals surface area (Å²) in [6.07, 6.45) is 3.02. The summed E-state index contributed by atoms with van der Waals surface area (Å²) in [6.45, 7) is 3.61. The van der Waals surface area contributed by atoms with Crippen molar-refractivity contribution < 1.29 is 13.2 Å². The van der Waals surface area contributed by atoms with Crippen LogP contribution < -0.4 is 5.32 Å². The Morgan fingerprint density at radius 2 is 2.00 bits per heavy atom. The first kappa shape index (κ1) is 17.6. The van der Waals surface area contributed by atoms with Crippen molar-refractivity contribution in [3.63, 3.8) is 0 Å². The highest BCUT2D eigenvalue weighted by Gasteiger charge is 2.32. The smallest absolute Gasteiger partial charge is 0.211 e. The minimum absolute atomic E-state index is 0.0278. The van der Waals surface area contributed by atoms with Crippen LogP contribution in [-0.2, 0) is 14.8 Å². The van der Waals surface area contributed by atoms with Crippen molar-refractivity contribution in [2.45, 2.75) is 25.0 Å². The maximum Gasteiger partial charge on any atom is 0.211 e. The first-order chi connectivity index (χ1) is 11.5. The molecule has 1 N–H and O–H groups in total. The predicted molar refractivity (Wildman–Crippen MR) is 93.5 cm³/mol. The molecule has 3 heterocycles. The molecule has 1 aromatic heterocycles. The summed E-state index contributed by atoms with van der Waals surface area (Å²) in [6, 6.07) is 6.34. The Balaban J connectivity index is 1.62. The lowest BCUT2D eigenvalue weighted by atomic mass is 10.0. The number of ether oxygens (including phenoxy) is 1. The number of nitrogens with one attached hydrogen (secondary N) is 1. The molecule has 0 amide bonds. The molecule has 2 saturated heterocycles. The normalized spacial score (nSPS) is 24.8. The number of hydrogen-bond donors (Lipinski definition) is 1. The van der Waals surface area contributed by atoms with E-state index in [4.69, 9.17) is 4.74 Å². The first-order valence-electron chi connectivity index (χ1n) is 8.43. The Hall–Kier alpha value is -1.22. The van der Waals surface area contributed by atoms with Crippen molar-refractivity contribution in [1.29, 1.82) is 0 Å². The van der Waals surface area contributed by atoms with E-state index in [-0.39, 0.29) is 6.10 Å². The van der Waals surface area contributed by atoms with E-state index >= 15 is 0 Å². The van der Waals surface area contributed by atoms with Crippen LogP contribution in [0.1, 0.15) is 24.6 Å². The Kier molecular flexibility index (Phi) is 5.39. The molecule has 0 spiro atoms. The Labute approximate surface area is 144 Å². The van der Waals surface area contributed by atoms with Gasteiger partial charge in [0.25, 0.3) is 0 Å². The van der Waals surface area contributed by atoms with Crippen LogP contribution in [0, 0.1) is 0 Å². The summed E-state index contributed by atoms with van der Waals surface area (Å²) in [7, 11) is -1.21. The molecule has 0 aromatic carbocycles. The van der Waals surface area contributed by atoms with Gasteiger partial charge in [0.1, 0.15) is 11.9 Å². The van der Waals surface area contributed by atoms with Gasteiger partial charge in [0.05, 0.1) is 18.6 Å². The number of pyridine rings is 1. The zero-order valence-corrected chi connectivity index (χ0v) is 15.1. The van der Waals surface area contributed by atoms with Gasteiger partial charge in [-0.1, -0.05) is 6.07 Å². The van der Waals surface area contributed by atoms with Gasteiger partial charge in [-0.15, -0.1) is 0 Å². The minimum atomic E-state index is -3.07. The highest BCUT2D eigenvalue weighted by Crippen LogP contribution is 2.26. The fourth-order valence-corrected chi connectivity index (χ4v) is 4.36. The van der Waals surface area contributed by atoms with Crippen molar-refractivity contribution in [2.24, 2.45) is 0 Å². The van der Waals surface area contributed by atoms with Gasteiger partial charge in [-0.25, -0.2) is 17.7 Å². The van der Waals surface area contributed by atoms with Crippen LogP contribution in [0.25, 0.3) is 0 Å². The number of anilines is 1. The van der Waals surface area contributed by atoms with E-state index in [1.165, 1.54) is 6.26 Å². The predicted octanol–water partition coefficient (Wildman–Crippen LogP) is 0.921. The Bertz CT molecular complexity index is 659. The third kappa shape index (κ3) is 4.05. The minimum Gasteiger partial charge on any atom is -0.373 e. The molecule has 0 radical (unpaired) electrons. The highest BCUT2D eigenvalue weighted by molar-refractivity contribution is 7.88. The van der Waals surface area contributed by atoms with Crippen molar-refractivity contribution >= 4 is 15.8 Å². The monoisotopic (exact) mass is 354 g/mol.